The fourth-order valence-corrected chi connectivity index (χ4v) is 3.02. The van der Waals surface area contributed by atoms with Gasteiger partial charge in [-0.3, -0.25) is 4.79 Å². The van der Waals surface area contributed by atoms with Crippen LogP contribution < -0.4 is 5.32 Å². The maximum Gasteiger partial charge on any atom is 0.221 e. The number of hydrogen-bond acceptors (Lipinski definition) is 3. The molecule has 0 aliphatic heterocycles. The summed E-state index contributed by atoms with van der Waals surface area (Å²) in [5.41, 5.74) is -0.475. The van der Waals surface area contributed by atoms with Crippen LogP contribution in [0.1, 0.15) is 26.2 Å². The minimum Gasteiger partial charge on any atom is -0.394 e. The molecule has 0 spiro atoms. The molecule has 0 saturated heterocycles. The topological polar surface area (TPSA) is 49.3 Å². The molecule has 1 saturated carbocycles. The molecule has 20 heavy (non-hydrogen) atoms. The zero-order chi connectivity index (χ0) is 14.6. The second-order valence-electron chi connectivity index (χ2n) is 5.45. The lowest BCUT2D eigenvalue weighted by molar-refractivity contribution is -0.123. The van der Waals surface area contributed by atoms with Crippen LogP contribution in [0.25, 0.3) is 0 Å². The standard InChI is InChI=1S/C15H20FNO2S/c1-15(10-18,11-2-3-11)17-14(19)8-9-20-13-6-4-12(16)5-7-13/h4-7,11,18H,2-3,8-10H2,1H3,(H,17,19). The van der Waals surface area contributed by atoms with Crippen molar-refractivity contribution in [2.45, 2.75) is 36.6 Å². The number of amides is 1. The normalized spacial score (nSPS) is 17.6. The highest BCUT2D eigenvalue weighted by molar-refractivity contribution is 7.99. The van der Waals surface area contributed by atoms with Gasteiger partial charge in [0.25, 0.3) is 0 Å². The summed E-state index contributed by atoms with van der Waals surface area (Å²) < 4.78 is 12.7. The molecule has 1 aliphatic carbocycles. The third-order valence-corrected chi connectivity index (χ3v) is 4.66. The van der Waals surface area contributed by atoms with E-state index in [4.69, 9.17) is 0 Å². The van der Waals surface area contributed by atoms with Gasteiger partial charge < -0.3 is 10.4 Å². The van der Waals surface area contributed by atoms with E-state index in [1.54, 1.807) is 12.1 Å². The molecule has 2 N–H and O–H groups in total. The Bertz CT molecular complexity index is 461. The lowest BCUT2D eigenvalue weighted by atomic mass is 9.97. The summed E-state index contributed by atoms with van der Waals surface area (Å²) in [6.45, 7) is 1.88. The van der Waals surface area contributed by atoms with Gasteiger partial charge in [-0.1, -0.05) is 0 Å². The van der Waals surface area contributed by atoms with Crippen LogP contribution in [0.15, 0.2) is 29.2 Å². The molecule has 2 rings (SSSR count). The largest absolute Gasteiger partial charge is 0.394 e. The molecule has 0 bridgehead atoms. The first-order valence-corrected chi connectivity index (χ1v) is 7.82. The molecule has 1 amide bonds. The van der Waals surface area contributed by atoms with Crippen LogP contribution in [-0.4, -0.2) is 28.9 Å². The van der Waals surface area contributed by atoms with Crippen LogP contribution >= 0.6 is 11.8 Å². The molecular weight excluding hydrogens is 277 g/mol. The second-order valence-corrected chi connectivity index (χ2v) is 6.62. The van der Waals surface area contributed by atoms with E-state index in [1.807, 2.05) is 6.92 Å². The third-order valence-electron chi connectivity index (χ3n) is 3.64. The van der Waals surface area contributed by atoms with Gasteiger partial charge in [0, 0.05) is 17.1 Å². The first-order valence-electron chi connectivity index (χ1n) is 6.84. The van der Waals surface area contributed by atoms with E-state index in [-0.39, 0.29) is 18.3 Å². The average Bonchev–Trinajstić information content (AvgIpc) is 3.25. The minimum absolute atomic E-state index is 0.0193. The van der Waals surface area contributed by atoms with Crippen LogP contribution in [0.2, 0.25) is 0 Å². The molecule has 1 unspecified atom stereocenters. The Morgan fingerprint density at radius 3 is 2.65 bits per heavy atom. The molecule has 1 fully saturated rings. The number of aliphatic hydroxyl groups excluding tert-OH is 1. The Hall–Kier alpha value is -1.07. The predicted molar refractivity (Wildman–Crippen MR) is 78.1 cm³/mol. The molecule has 0 radical (unpaired) electrons. The zero-order valence-electron chi connectivity index (χ0n) is 11.6. The van der Waals surface area contributed by atoms with Crippen LogP contribution in [0, 0.1) is 11.7 Å². The van der Waals surface area contributed by atoms with E-state index >= 15 is 0 Å². The van der Waals surface area contributed by atoms with Crippen LogP contribution in [-0.2, 0) is 4.79 Å². The molecule has 110 valence electrons. The Morgan fingerprint density at radius 2 is 2.10 bits per heavy atom. The predicted octanol–water partition coefficient (Wildman–Crippen LogP) is 2.59. The lowest BCUT2D eigenvalue weighted by Crippen LogP contribution is -2.50. The average molecular weight is 297 g/mol. The summed E-state index contributed by atoms with van der Waals surface area (Å²) in [7, 11) is 0. The Labute approximate surface area is 123 Å². The third kappa shape index (κ3) is 4.21. The fourth-order valence-electron chi connectivity index (χ4n) is 2.16. The number of thioether (sulfide) groups is 1. The van der Waals surface area contributed by atoms with Crippen LogP contribution in [0.3, 0.4) is 0 Å². The highest BCUT2D eigenvalue weighted by Gasteiger charge is 2.41. The van der Waals surface area contributed by atoms with Crippen molar-refractivity contribution < 1.29 is 14.3 Å². The van der Waals surface area contributed by atoms with E-state index < -0.39 is 5.54 Å². The number of aliphatic hydroxyl groups is 1. The summed E-state index contributed by atoms with van der Waals surface area (Å²) in [5, 5.41) is 12.4. The van der Waals surface area contributed by atoms with Crippen molar-refractivity contribution in [1.82, 2.24) is 5.32 Å². The first kappa shape index (κ1) is 15.3. The van der Waals surface area contributed by atoms with Gasteiger partial charge in [-0.15, -0.1) is 11.8 Å². The smallest absolute Gasteiger partial charge is 0.221 e. The summed E-state index contributed by atoms with van der Waals surface area (Å²) in [6, 6.07) is 6.25. The second kappa shape index (κ2) is 6.59. The number of carbonyl (C=O) groups excluding carboxylic acids is 1. The van der Waals surface area contributed by atoms with Gasteiger partial charge in [0.05, 0.1) is 12.1 Å². The number of carbonyl (C=O) groups is 1. The van der Waals surface area contributed by atoms with Crippen LogP contribution in [0.4, 0.5) is 4.39 Å². The Balaban J connectivity index is 1.73. The molecule has 1 aliphatic rings. The Kier molecular flexibility index (Phi) is 5.05. The zero-order valence-corrected chi connectivity index (χ0v) is 12.4. The van der Waals surface area contributed by atoms with Gasteiger partial charge in [-0.05, 0) is 49.9 Å². The highest BCUT2D eigenvalue weighted by atomic mass is 32.2. The maximum absolute atomic E-state index is 12.7. The summed E-state index contributed by atoms with van der Waals surface area (Å²) in [6.07, 6.45) is 2.54. The van der Waals surface area contributed by atoms with Gasteiger partial charge in [-0.2, -0.15) is 0 Å². The Morgan fingerprint density at radius 1 is 1.45 bits per heavy atom. The SMILES string of the molecule is CC(CO)(NC(=O)CCSc1ccc(F)cc1)C1CC1. The molecule has 5 heteroatoms. The highest BCUT2D eigenvalue weighted by Crippen LogP contribution is 2.39. The summed E-state index contributed by atoms with van der Waals surface area (Å²) >= 11 is 1.53. The molecule has 0 heterocycles. The van der Waals surface area contributed by atoms with Gasteiger partial charge >= 0.3 is 0 Å². The van der Waals surface area contributed by atoms with Crippen molar-refractivity contribution in [3.05, 3.63) is 30.1 Å². The molecule has 3 nitrogen and oxygen atoms in total. The van der Waals surface area contributed by atoms with Crippen LogP contribution in [0.5, 0.6) is 0 Å². The van der Waals surface area contributed by atoms with Crippen molar-refractivity contribution in [2.24, 2.45) is 5.92 Å². The fraction of sp³-hybridized carbons (Fsp3) is 0.533. The number of hydrogen-bond donors (Lipinski definition) is 2. The molecular formula is C15H20FNO2S. The molecule has 1 atom stereocenters. The van der Waals surface area contributed by atoms with Gasteiger partial charge in [0.1, 0.15) is 5.82 Å². The van der Waals surface area contributed by atoms with Gasteiger partial charge in [-0.25, -0.2) is 4.39 Å². The summed E-state index contributed by atoms with van der Waals surface area (Å²) in [5.74, 6) is 0.753. The van der Waals surface area contributed by atoms with E-state index in [1.165, 1.54) is 23.9 Å². The van der Waals surface area contributed by atoms with E-state index in [9.17, 15) is 14.3 Å². The number of rotatable bonds is 7. The monoisotopic (exact) mass is 297 g/mol. The van der Waals surface area contributed by atoms with Crippen molar-refractivity contribution in [3.8, 4) is 0 Å². The molecule has 0 aromatic heterocycles. The van der Waals surface area contributed by atoms with Crippen molar-refractivity contribution in [3.63, 3.8) is 0 Å². The van der Waals surface area contributed by atoms with E-state index in [2.05, 4.69) is 5.32 Å². The van der Waals surface area contributed by atoms with E-state index in [0.717, 1.165) is 17.7 Å². The summed E-state index contributed by atoms with van der Waals surface area (Å²) in [4.78, 5) is 12.8. The number of halogens is 1. The van der Waals surface area contributed by atoms with Crippen molar-refractivity contribution in [2.75, 3.05) is 12.4 Å². The molecule has 1 aromatic rings. The van der Waals surface area contributed by atoms with Gasteiger partial charge in [0.2, 0.25) is 5.91 Å². The maximum atomic E-state index is 12.7. The number of nitrogens with one attached hydrogen (secondary N) is 1. The van der Waals surface area contributed by atoms with Gasteiger partial charge in [0.15, 0.2) is 0 Å². The van der Waals surface area contributed by atoms with E-state index in [0.29, 0.717) is 18.1 Å². The quantitative estimate of drug-likeness (QED) is 0.761. The molecule has 1 aromatic carbocycles. The first-order chi connectivity index (χ1) is 9.53. The van der Waals surface area contributed by atoms with Crippen molar-refractivity contribution in [1.29, 1.82) is 0 Å². The number of benzene rings is 1. The minimum atomic E-state index is -0.475. The van der Waals surface area contributed by atoms with Crippen molar-refractivity contribution >= 4 is 17.7 Å². The lowest BCUT2D eigenvalue weighted by Gasteiger charge is -2.28.